The van der Waals surface area contributed by atoms with E-state index in [4.69, 9.17) is 0 Å². The molecular weight excluding hydrogens is 328 g/mol. The first-order valence-corrected chi connectivity index (χ1v) is 10.2. The lowest BCUT2D eigenvalue weighted by Gasteiger charge is -2.56. The van der Waals surface area contributed by atoms with E-state index in [1.54, 1.807) is 0 Å². The lowest BCUT2D eigenvalue weighted by molar-refractivity contribution is -0.127. The van der Waals surface area contributed by atoms with Crippen LogP contribution < -0.4 is 0 Å². The molecule has 128 valence electrons. The number of fused-ring (bicyclic) bond motifs is 1. The average Bonchev–Trinajstić information content (AvgIpc) is 2.97. The molecule has 4 saturated carbocycles. The van der Waals surface area contributed by atoms with Crippen LogP contribution in [0.2, 0.25) is 0 Å². The van der Waals surface area contributed by atoms with Crippen molar-refractivity contribution in [2.24, 2.45) is 23.2 Å². The van der Waals surface area contributed by atoms with Crippen LogP contribution in [0.15, 0.2) is 24.3 Å². The number of rotatable bonds is 4. The number of thiazole rings is 1. The van der Waals surface area contributed by atoms with E-state index in [0.29, 0.717) is 11.4 Å². The molecule has 0 spiro atoms. The van der Waals surface area contributed by atoms with E-state index < -0.39 is 5.92 Å². The minimum Gasteiger partial charge on any atom is -0.298 e. The Morgan fingerprint density at radius 2 is 1.84 bits per heavy atom. The maximum absolute atomic E-state index is 13.1. The molecule has 3 nitrogen and oxygen atoms in total. The summed E-state index contributed by atoms with van der Waals surface area (Å²) in [4.78, 5) is 17.7. The summed E-state index contributed by atoms with van der Waals surface area (Å²) < 4.78 is 1.06. The summed E-state index contributed by atoms with van der Waals surface area (Å²) in [6, 6.07) is 10.1. The van der Waals surface area contributed by atoms with Crippen LogP contribution in [-0.4, -0.2) is 10.8 Å². The van der Waals surface area contributed by atoms with Crippen LogP contribution in [-0.2, 0) is 4.79 Å². The van der Waals surface area contributed by atoms with Crippen LogP contribution in [0, 0.1) is 34.5 Å². The van der Waals surface area contributed by atoms with E-state index in [1.165, 1.54) is 49.9 Å². The molecule has 4 heteroatoms. The van der Waals surface area contributed by atoms with Crippen molar-refractivity contribution in [2.75, 3.05) is 0 Å². The number of nitriles is 1. The van der Waals surface area contributed by atoms with Gasteiger partial charge in [0.05, 0.1) is 16.3 Å². The molecule has 4 fully saturated rings. The fraction of sp³-hybridized carbons (Fsp3) is 0.571. The van der Waals surface area contributed by atoms with Gasteiger partial charge in [0, 0.05) is 6.42 Å². The van der Waals surface area contributed by atoms with E-state index >= 15 is 0 Å². The fourth-order valence-electron chi connectivity index (χ4n) is 6.26. The van der Waals surface area contributed by atoms with Gasteiger partial charge in [-0.3, -0.25) is 4.79 Å². The molecule has 4 bridgehead atoms. The van der Waals surface area contributed by atoms with Gasteiger partial charge in [-0.25, -0.2) is 4.98 Å². The van der Waals surface area contributed by atoms with Crippen LogP contribution in [0.1, 0.15) is 55.9 Å². The Hall–Kier alpha value is -1.73. The van der Waals surface area contributed by atoms with E-state index in [1.807, 2.05) is 24.3 Å². The fourth-order valence-corrected chi connectivity index (χ4v) is 7.29. The van der Waals surface area contributed by atoms with Gasteiger partial charge in [0.1, 0.15) is 5.01 Å². The zero-order chi connectivity index (χ0) is 17.0. The van der Waals surface area contributed by atoms with Crippen molar-refractivity contribution in [1.29, 1.82) is 5.26 Å². The first kappa shape index (κ1) is 15.5. The molecule has 0 amide bonds. The molecular formula is C21H22N2OS. The quantitative estimate of drug-likeness (QED) is 0.773. The topological polar surface area (TPSA) is 53.8 Å². The van der Waals surface area contributed by atoms with Gasteiger partial charge in [0.15, 0.2) is 11.7 Å². The third-order valence-electron chi connectivity index (χ3n) is 6.72. The molecule has 6 rings (SSSR count). The summed E-state index contributed by atoms with van der Waals surface area (Å²) in [5, 5.41) is 10.4. The molecule has 0 radical (unpaired) electrons. The molecule has 0 aliphatic heterocycles. The lowest BCUT2D eigenvalue weighted by atomic mass is 9.48. The molecule has 4 aliphatic carbocycles. The monoisotopic (exact) mass is 350 g/mol. The van der Waals surface area contributed by atoms with E-state index in [-0.39, 0.29) is 11.2 Å². The van der Waals surface area contributed by atoms with Crippen LogP contribution >= 0.6 is 11.3 Å². The van der Waals surface area contributed by atoms with Crippen LogP contribution in [0.5, 0.6) is 0 Å². The Labute approximate surface area is 152 Å². The number of nitrogens with zero attached hydrogens (tertiary/aromatic N) is 2. The van der Waals surface area contributed by atoms with Gasteiger partial charge in [-0.2, -0.15) is 5.26 Å². The minimum absolute atomic E-state index is 0.100. The van der Waals surface area contributed by atoms with Gasteiger partial charge in [-0.1, -0.05) is 12.1 Å². The van der Waals surface area contributed by atoms with E-state index in [0.717, 1.165) is 28.0 Å². The predicted octanol–water partition coefficient (Wildman–Crippen LogP) is 5.08. The summed E-state index contributed by atoms with van der Waals surface area (Å²) in [6.45, 7) is 0. The molecule has 1 aromatic heterocycles. The Bertz CT molecular complexity index is 809. The maximum atomic E-state index is 13.1. The number of carbonyl (C=O) groups excluding carboxylic acids is 1. The Balaban J connectivity index is 1.40. The number of aromatic nitrogens is 1. The molecule has 4 aliphatic rings. The van der Waals surface area contributed by atoms with Crippen molar-refractivity contribution >= 4 is 27.3 Å². The number of Topliss-reactive ketones (excluding diaryl/α,β-unsaturated/α-hetero) is 1. The maximum Gasteiger partial charge on any atom is 0.157 e. The number of ketones is 1. The summed E-state index contributed by atoms with van der Waals surface area (Å²) in [7, 11) is 0. The molecule has 1 atom stereocenters. The van der Waals surface area contributed by atoms with E-state index in [9.17, 15) is 10.1 Å². The summed E-state index contributed by atoms with van der Waals surface area (Å²) in [6.07, 6.45) is 8.37. The third-order valence-corrected chi connectivity index (χ3v) is 7.82. The zero-order valence-corrected chi connectivity index (χ0v) is 15.1. The predicted molar refractivity (Wildman–Crippen MR) is 98.2 cm³/mol. The van der Waals surface area contributed by atoms with Gasteiger partial charge in [-0.15, -0.1) is 11.3 Å². The smallest absolute Gasteiger partial charge is 0.157 e. The van der Waals surface area contributed by atoms with Gasteiger partial charge >= 0.3 is 0 Å². The second-order valence-corrected chi connectivity index (χ2v) is 9.70. The number of benzene rings is 1. The highest BCUT2D eigenvalue weighted by atomic mass is 32.1. The van der Waals surface area contributed by atoms with Gasteiger partial charge < -0.3 is 0 Å². The highest BCUT2D eigenvalue weighted by molar-refractivity contribution is 7.18. The normalized spacial score (nSPS) is 34.1. The Morgan fingerprint density at radius 3 is 2.44 bits per heavy atom. The largest absolute Gasteiger partial charge is 0.298 e. The molecule has 0 saturated heterocycles. The Kier molecular flexibility index (Phi) is 3.50. The number of hydrogen-bond acceptors (Lipinski definition) is 4. The van der Waals surface area contributed by atoms with Crippen LogP contribution in [0.25, 0.3) is 10.2 Å². The first-order valence-electron chi connectivity index (χ1n) is 9.42. The molecule has 0 N–H and O–H groups in total. The second-order valence-electron chi connectivity index (χ2n) is 8.64. The Morgan fingerprint density at radius 1 is 1.20 bits per heavy atom. The zero-order valence-electron chi connectivity index (χ0n) is 14.3. The molecule has 2 aromatic rings. The van der Waals surface area contributed by atoms with Crippen molar-refractivity contribution in [2.45, 2.75) is 50.9 Å². The number of carbonyl (C=O) groups is 1. The van der Waals surface area contributed by atoms with Crippen molar-refractivity contribution < 1.29 is 4.79 Å². The number of para-hydroxylation sites is 1. The van der Waals surface area contributed by atoms with Crippen LogP contribution in [0.3, 0.4) is 0 Å². The van der Waals surface area contributed by atoms with Gasteiger partial charge in [-0.05, 0) is 73.8 Å². The number of hydrogen-bond donors (Lipinski definition) is 0. The molecule has 25 heavy (non-hydrogen) atoms. The van der Waals surface area contributed by atoms with Crippen molar-refractivity contribution in [1.82, 2.24) is 4.98 Å². The first-order chi connectivity index (χ1) is 12.1. The van der Waals surface area contributed by atoms with Gasteiger partial charge in [0.25, 0.3) is 0 Å². The van der Waals surface area contributed by atoms with Crippen molar-refractivity contribution in [3.8, 4) is 6.07 Å². The summed E-state index contributed by atoms with van der Waals surface area (Å²) in [5.41, 5.74) is 1.09. The third kappa shape index (κ3) is 2.60. The highest BCUT2D eigenvalue weighted by Crippen LogP contribution is 2.61. The summed E-state index contributed by atoms with van der Waals surface area (Å²) in [5.74, 6) is 1.92. The minimum atomic E-state index is -0.689. The highest BCUT2D eigenvalue weighted by Gasteiger charge is 2.51. The molecule has 1 heterocycles. The van der Waals surface area contributed by atoms with Gasteiger partial charge in [0.2, 0.25) is 0 Å². The molecule has 1 unspecified atom stereocenters. The second kappa shape index (κ2) is 5.64. The van der Waals surface area contributed by atoms with Crippen LogP contribution in [0.4, 0.5) is 0 Å². The summed E-state index contributed by atoms with van der Waals surface area (Å²) >= 11 is 1.50. The SMILES string of the molecule is N#CC(C(=O)CC12CC3CC(CC(C3)C1)C2)c1nc2ccccc2s1. The standard InChI is InChI=1S/C21H22N2OS/c22-12-16(20-23-17-3-1-2-4-19(17)25-20)18(24)11-21-8-13-5-14(9-21)7-15(6-13)10-21/h1-4,13-16H,5-11H2. The molecule has 1 aromatic carbocycles. The lowest BCUT2D eigenvalue weighted by Crippen LogP contribution is -2.47. The van der Waals surface area contributed by atoms with E-state index in [2.05, 4.69) is 11.1 Å². The van der Waals surface area contributed by atoms with Crippen molar-refractivity contribution in [3.63, 3.8) is 0 Å². The van der Waals surface area contributed by atoms with Crippen molar-refractivity contribution in [3.05, 3.63) is 29.3 Å². The average molecular weight is 350 g/mol.